The van der Waals surface area contributed by atoms with Crippen molar-refractivity contribution < 1.29 is 28.5 Å². The van der Waals surface area contributed by atoms with Crippen LogP contribution in [0, 0.1) is 5.41 Å². The highest BCUT2D eigenvalue weighted by atomic mass is 16.5. The van der Waals surface area contributed by atoms with Crippen LogP contribution in [0.15, 0.2) is 0 Å². The van der Waals surface area contributed by atoms with Crippen LogP contribution in [0.5, 0.6) is 0 Å². The van der Waals surface area contributed by atoms with Crippen molar-refractivity contribution in [1.29, 1.82) is 0 Å². The molecule has 0 rings (SSSR count). The third-order valence-electron chi connectivity index (χ3n) is 3.26. The number of carbonyl (C=O) groups is 2. The zero-order chi connectivity index (χ0) is 19.0. The van der Waals surface area contributed by atoms with Gasteiger partial charge in [0.1, 0.15) is 13.2 Å². The molecule has 1 amide bonds. The third kappa shape index (κ3) is 16.2. The lowest BCUT2D eigenvalue weighted by molar-refractivity contribution is -0.131. The molecule has 0 aliphatic carbocycles. The fourth-order valence-corrected chi connectivity index (χ4v) is 1.55. The molecule has 148 valence electrons. The van der Waals surface area contributed by atoms with E-state index in [2.05, 4.69) is 12.2 Å². The number of nitrogens with one attached hydrogen (secondary N) is 1. The van der Waals surface area contributed by atoms with Gasteiger partial charge in [-0.1, -0.05) is 34.1 Å². The highest BCUT2D eigenvalue weighted by molar-refractivity contribution is 5.84. The minimum atomic E-state index is -0.380. The monoisotopic (exact) mass is 361 g/mol. The van der Waals surface area contributed by atoms with Gasteiger partial charge < -0.3 is 24.3 Å². The van der Waals surface area contributed by atoms with E-state index in [0.29, 0.717) is 39.6 Å². The van der Waals surface area contributed by atoms with E-state index in [1.165, 1.54) is 0 Å². The van der Waals surface area contributed by atoms with E-state index in [1.807, 2.05) is 20.8 Å². The van der Waals surface area contributed by atoms with E-state index in [9.17, 15) is 9.59 Å². The van der Waals surface area contributed by atoms with Crippen LogP contribution in [0.25, 0.3) is 0 Å². The van der Waals surface area contributed by atoms with Crippen LogP contribution in [0.3, 0.4) is 0 Å². The number of Topliss-reactive ketones (excluding diaryl/α,β-unsaturated/α-hetero) is 1. The SMILES string of the molecule is CCCCOCCOCC(=O)NCCOCCOCC(=O)C(C)(C)C. The van der Waals surface area contributed by atoms with E-state index >= 15 is 0 Å². The minimum Gasteiger partial charge on any atom is -0.379 e. The molecule has 7 nitrogen and oxygen atoms in total. The van der Waals surface area contributed by atoms with Gasteiger partial charge >= 0.3 is 0 Å². The molecule has 0 aromatic rings. The fraction of sp³-hybridized carbons (Fsp3) is 0.889. The zero-order valence-corrected chi connectivity index (χ0v) is 16.2. The summed E-state index contributed by atoms with van der Waals surface area (Å²) in [5, 5.41) is 2.70. The Bertz CT molecular complexity index is 354. The van der Waals surface area contributed by atoms with E-state index < -0.39 is 0 Å². The molecular formula is C18H35NO6. The van der Waals surface area contributed by atoms with Gasteiger partial charge in [-0.2, -0.15) is 0 Å². The van der Waals surface area contributed by atoms with Gasteiger partial charge in [0.05, 0.1) is 33.0 Å². The number of ketones is 1. The minimum absolute atomic E-state index is 0.0230. The van der Waals surface area contributed by atoms with Gasteiger partial charge in [-0.05, 0) is 6.42 Å². The fourth-order valence-electron chi connectivity index (χ4n) is 1.55. The molecule has 1 N–H and O–H groups in total. The van der Waals surface area contributed by atoms with Gasteiger partial charge in [-0.3, -0.25) is 9.59 Å². The lowest BCUT2D eigenvalue weighted by Gasteiger charge is -2.16. The number of unbranched alkanes of at least 4 members (excludes halogenated alkanes) is 1. The molecule has 7 heteroatoms. The molecule has 0 unspecified atom stereocenters. The predicted molar refractivity (Wildman–Crippen MR) is 95.7 cm³/mol. The molecule has 0 spiro atoms. The predicted octanol–water partition coefficient (Wildman–Crippen LogP) is 1.58. The maximum atomic E-state index is 11.6. The second-order valence-electron chi connectivity index (χ2n) is 6.71. The first-order chi connectivity index (χ1) is 11.9. The van der Waals surface area contributed by atoms with Crippen LogP contribution in [0.1, 0.15) is 40.5 Å². The molecule has 0 aliphatic rings. The molecule has 0 saturated carbocycles. The van der Waals surface area contributed by atoms with Crippen molar-refractivity contribution in [3.8, 4) is 0 Å². The average molecular weight is 361 g/mol. The van der Waals surface area contributed by atoms with Crippen molar-refractivity contribution >= 4 is 11.7 Å². The summed E-state index contributed by atoms with van der Waals surface area (Å²) in [7, 11) is 0. The summed E-state index contributed by atoms with van der Waals surface area (Å²) in [6.45, 7) is 11.0. The largest absolute Gasteiger partial charge is 0.379 e. The Morgan fingerprint density at radius 2 is 1.36 bits per heavy atom. The van der Waals surface area contributed by atoms with E-state index in [1.54, 1.807) is 0 Å². The zero-order valence-electron chi connectivity index (χ0n) is 16.2. The summed E-state index contributed by atoms with van der Waals surface area (Å²) in [6.07, 6.45) is 2.14. The summed E-state index contributed by atoms with van der Waals surface area (Å²) in [4.78, 5) is 23.1. The van der Waals surface area contributed by atoms with Crippen LogP contribution in [-0.4, -0.2) is 71.1 Å². The first-order valence-electron chi connectivity index (χ1n) is 8.99. The standard InChI is InChI=1S/C18H35NO6/c1-5-6-8-22-10-13-25-15-17(21)19-7-9-23-11-12-24-14-16(20)18(2,3)4/h5-15H2,1-4H3,(H,19,21). The summed E-state index contributed by atoms with van der Waals surface area (Å²) in [5.74, 6) is -0.111. The highest BCUT2D eigenvalue weighted by Crippen LogP contribution is 2.14. The number of carbonyl (C=O) groups excluding carboxylic acids is 2. The second kappa shape index (κ2) is 15.3. The molecule has 0 aromatic carbocycles. The summed E-state index contributed by atoms with van der Waals surface area (Å²) >= 11 is 0. The number of hydrogen-bond donors (Lipinski definition) is 1. The number of hydrogen-bond acceptors (Lipinski definition) is 6. The van der Waals surface area contributed by atoms with Crippen molar-refractivity contribution in [2.45, 2.75) is 40.5 Å². The lowest BCUT2D eigenvalue weighted by atomic mass is 9.91. The van der Waals surface area contributed by atoms with Crippen LogP contribution < -0.4 is 5.32 Å². The molecule has 0 radical (unpaired) electrons. The number of ether oxygens (including phenoxy) is 4. The molecule has 0 saturated heterocycles. The Hall–Kier alpha value is -1.02. The Labute approximate surface area is 151 Å². The van der Waals surface area contributed by atoms with Gasteiger partial charge in [-0.25, -0.2) is 0 Å². The smallest absolute Gasteiger partial charge is 0.246 e. The van der Waals surface area contributed by atoms with Gasteiger partial charge in [0.2, 0.25) is 5.91 Å². The Balaban J connectivity index is 3.31. The first kappa shape index (κ1) is 24.0. The van der Waals surface area contributed by atoms with Crippen molar-refractivity contribution in [2.75, 3.05) is 59.4 Å². The molecule has 0 heterocycles. The van der Waals surface area contributed by atoms with Gasteiger partial charge in [0.25, 0.3) is 0 Å². The molecule has 0 atom stereocenters. The summed E-state index contributed by atoms with van der Waals surface area (Å²) in [6, 6.07) is 0. The van der Waals surface area contributed by atoms with Gasteiger partial charge in [0.15, 0.2) is 5.78 Å². The second-order valence-corrected chi connectivity index (χ2v) is 6.71. The molecule has 0 aromatic heterocycles. The maximum absolute atomic E-state index is 11.6. The van der Waals surface area contributed by atoms with Crippen LogP contribution in [0.4, 0.5) is 0 Å². The Kier molecular flexibility index (Phi) is 14.6. The number of amides is 1. The lowest BCUT2D eigenvalue weighted by Crippen LogP contribution is -2.31. The highest BCUT2D eigenvalue weighted by Gasteiger charge is 2.20. The van der Waals surface area contributed by atoms with Crippen molar-refractivity contribution in [3.63, 3.8) is 0 Å². The molecule has 0 aliphatic heterocycles. The quantitative estimate of drug-likeness (QED) is 0.420. The molecular weight excluding hydrogens is 326 g/mol. The van der Waals surface area contributed by atoms with E-state index in [0.717, 1.165) is 19.4 Å². The third-order valence-corrected chi connectivity index (χ3v) is 3.26. The Morgan fingerprint density at radius 1 is 0.800 bits per heavy atom. The van der Waals surface area contributed by atoms with Gasteiger partial charge in [-0.15, -0.1) is 0 Å². The first-order valence-corrected chi connectivity index (χ1v) is 8.99. The summed E-state index contributed by atoms with van der Waals surface area (Å²) in [5.41, 5.74) is -0.380. The van der Waals surface area contributed by atoms with E-state index in [-0.39, 0.29) is 30.3 Å². The topological polar surface area (TPSA) is 83.1 Å². The Morgan fingerprint density at radius 3 is 1.96 bits per heavy atom. The number of rotatable bonds is 16. The normalized spacial score (nSPS) is 11.5. The average Bonchev–Trinajstić information content (AvgIpc) is 2.55. The van der Waals surface area contributed by atoms with Crippen molar-refractivity contribution in [2.24, 2.45) is 5.41 Å². The van der Waals surface area contributed by atoms with Crippen LogP contribution >= 0.6 is 0 Å². The van der Waals surface area contributed by atoms with Crippen molar-refractivity contribution in [3.05, 3.63) is 0 Å². The van der Waals surface area contributed by atoms with Crippen LogP contribution in [0.2, 0.25) is 0 Å². The molecule has 0 fully saturated rings. The van der Waals surface area contributed by atoms with E-state index in [4.69, 9.17) is 18.9 Å². The van der Waals surface area contributed by atoms with Crippen molar-refractivity contribution in [1.82, 2.24) is 5.32 Å². The maximum Gasteiger partial charge on any atom is 0.246 e. The molecule has 0 bridgehead atoms. The van der Waals surface area contributed by atoms with Crippen LogP contribution in [-0.2, 0) is 28.5 Å². The summed E-state index contributed by atoms with van der Waals surface area (Å²) < 4.78 is 21.1. The molecule has 25 heavy (non-hydrogen) atoms. The van der Waals surface area contributed by atoms with Gasteiger partial charge in [0, 0.05) is 18.6 Å².